The molecule has 0 aromatic heterocycles. The molecule has 6 heteroatoms. The number of nitrogens with one attached hydrogen (secondary N) is 1. The molecule has 1 amide bonds. The minimum absolute atomic E-state index is 0.117. The molecular weight excluding hydrogens is 330 g/mol. The second-order valence-electron chi connectivity index (χ2n) is 5.85. The molecule has 0 bridgehead atoms. The number of hydrogen-bond donors (Lipinski definition) is 1. The molecule has 26 heavy (non-hydrogen) atoms. The van der Waals surface area contributed by atoms with Gasteiger partial charge in [0.15, 0.2) is 6.61 Å². The average molecular weight is 351 g/mol. The van der Waals surface area contributed by atoms with Crippen molar-refractivity contribution in [3.05, 3.63) is 59.7 Å². The molecule has 1 N–H and O–H groups in total. The van der Waals surface area contributed by atoms with Gasteiger partial charge < -0.3 is 9.47 Å². The Morgan fingerprint density at radius 1 is 1.12 bits per heavy atom. The van der Waals surface area contributed by atoms with Crippen LogP contribution in [0, 0.1) is 11.3 Å². The lowest BCUT2D eigenvalue weighted by atomic mass is 10.1. The van der Waals surface area contributed by atoms with Crippen molar-refractivity contribution in [3.63, 3.8) is 0 Å². The lowest BCUT2D eigenvalue weighted by molar-refractivity contribution is -0.123. The highest BCUT2D eigenvalue weighted by Crippen LogP contribution is 2.14. The van der Waals surface area contributed by atoms with Crippen LogP contribution in [0.15, 0.2) is 53.6 Å². The number of hydrazone groups is 1. The van der Waals surface area contributed by atoms with E-state index in [1.165, 1.54) is 0 Å². The van der Waals surface area contributed by atoms with Crippen molar-refractivity contribution in [2.75, 3.05) is 6.61 Å². The summed E-state index contributed by atoms with van der Waals surface area (Å²) in [5.74, 6) is 0.936. The zero-order valence-electron chi connectivity index (χ0n) is 15.0. The Bertz CT molecular complexity index is 804. The third-order valence-corrected chi connectivity index (χ3v) is 3.35. The Kier molecular flexibility index (Phi) is 6.75. The zero-order valence-corrected chi connectivity index (χ0v) is 15.0. The van der Waals surface area contributed by atoms with Crippen molar-refractivity contribution >= 4 is 11.6 Å². The number of carbonyl (C=O) groups excluding carboxylic acids is 1. The number of carbonyl (C=O) groups is 1. The molecule has 0 aliphatic heterocycles. The molecule has 0 fully saturated rings. The van der Waals surface area contributed by atoms with Crippen LogP contribution in [0.2, 0.25) is 0 Å². The van der Waals surface area contributed by atoms with Crippen LogP contribution in [-0.4, -0.2) is 24.3 Å². The zero-order chi connectivity index (χ0) is 18.9. The summed E-state index contributed by atoms with van der Waals surface area (Å²) in [7, 11) is 0. The van der Waals surface area contributed by atoms with E-state index in [0.29, 0.717) is 17.0 Å². The van der Waals surface area contributed by atoms with Crippen molar-refractivity contribution in [3.8, 4) is 17.6 Å². The molecule has 0 saturated heterocycles. The fraction of sp³-hybridized carbons (Fsp3) is 0.250. The van der Waals surface area contributed by atoms with Gasteiger partial charge in [0.05, 0.1) is 23.4 Å². The molecule has 6 nitrogen and oxygen atoms in total. The summed E-state index contributed by atoms with van der Waals surface area (Å²) in [5, 5.41) is 12.8. The van der Waals surface area contributed by atoms with Crippen LogP contribution in [-0.2, 0) is 4.79 Å². The molecule has 0 aliphatic rings. The SMILES string of the molecule is C/C(=N/NC(=O)COc1ccc(C#N)cc1)c1ccc(OC(C)C)cc1. The molecule has 2 aromatic rings. The number of ether oxygens (including phenoxy) is 2. The second kappa shape index (κ2) is 9.23. The van der Waals surface area contributed by atoms with Crippen LogP contribution in [0.5, 0.6) is 11.5 Å². The van der Waals surface area contributed by atoms with E-state index in [0.717, 1.165) is 11.3 Å². The summed E-state index contributed by atoms with van der Waals surface area (Å²) < 4.78 is 10.9. The Morgan fingerprint density at radius 3 is 2.31 bits per heavy atom. The lowest BCUT2D eigenvalue weighted by Crippen LogP contribution is -2.25. The van der Waals surface area contributed by atoms with Crippen LogP contribution in [0.25, 0.3) is 0 Å². The van der Waals surface area contributed by atoms with E-state index >= 15 is 0 Å². The van der Waals surface area contributed by atoms with Crippen LogP contribution in [0.3, 0.4) is 0 Å². The first kappa shape index (κ1) is 19.0. The van der Waals surface area contributed by atoms with Crippen LogP contribution in [0.1, 0.15) is 31.9 Å². The summed E-state index contributed by atoms with van der Waals surface area (Å²) in [5.41, 5.74) is 4.55. The molecule has 2 rings (SSSR count). The number of amides is 1. The van der Waals surface area contributed by atoms with Crippen molar-refractivity contribution in [2.24, 2.45) is 5.10 Å². The van der Waals surface area contributed by atoms with Gasteiger partial charge in [-0.05, 0) is 74.9 Å². The third-order valence-electron chi connectivity index (χ3n) is 3.35. The van der Waals surface area contributed by atoms with Gasteiger partial charge >= 0.3 is 0 Å². The first-order valence-corrected chi connectivity index (χ1v) is 8.21. The molecule has 0 heterocycles. The molecule has 134 valence electrons. The van der Waals surface area contributed by atoms with E-state index in [4.69, 9.17) is 14.7 Å². The van der Waals surface area contributed by atoms with E-state index in [9.17, 15) is 4.79 Å². The van der Waals surface area contributed by atoms with Gasteiger partial charge in [-0.15, -0.1) is 0 Å². The highest BCUT2D eigenvalue weighted by atomic mass is 16.5. The van der Waals surface area contributed by atoms with E-state index in [1.54, 1.807) is 31.2 Å². The minimum atomic E-state index is -0.367. The number of rotatable bonds is 7. The Morgan fingerprint density at radius 2 is 1.73 bits per heavy atom. The lowest BCUT2D eigenvalue weighted by Gasteiger charge is -2.10. The standard InChI is InChI=1S/C20H21N3O3/c1-14(2)26-19-10-6-17(7-11-19)15(3)22-23-20(24)13-25-18-8-4-16(12-21)5-9-18/h4-11,14H,13H2,1-3H3,(H,23,24)/b22-15-. The number of nitrogens with zero attached hydrogens (tertiary/aromatic N) is 2. The molecule has 0 atom stereocenters. The second-order valence-corrected chi connectivity index (χ2v) is 5.85. The Balaban J connectivity index is 1.85. The van der Waals surface area contributed by atoms with Gasteiger partial charge in [0.25, 0.3) is 5.91 Å². The maximum atomic E-state index is 11.8. The predicted octanol–water partition coefficient (Wildman–Crippen LogP) is 3.26. The molecule has 0 spiro atoms. The maximum Gasteiger partial charge on any atom is 0.277 e. The fourth-order valence-electron chi connectivity index (χ4n) is 2.06. The molecule has 0 aliphatic carbocycles. The average Bonchev–Trinajstić information content (AvgIpc) is 2.65. The molecule has 0 saturated carbocycles. The quantitative estimate of drug-likeness (QED) is 0.613. The van der Waals surface area contributed by atoms with Gasteiger partial charge in [-0.25, -0.2) is 5.43 Å². The van der Waals surface area contributed by atoms with E-state index in [2.05, 4.69) is 10.5 Å². The highest BCUT2D eigenvalue weighted by Gasteiger charge is 2.04. The number of nitriles is 1. The van der Waals surface area contributed by atoms with Crippen LogP contribution >= 0.6 is 0 Å². The van der Waals surface area contributed by atoms with E-state index in [-0.39, 0.29) is 18.6 Å². The van der Waals surface area contributed by atoms with Gasteiger partial charge in [-0.3, -0.25) is 4.79 Å². The van der Waals surface area contributed by atoms with Gasteiger partial charge in [0.2, 0.25) is 0 Å². The maximum absolute atomic E-state index is 11.8. The Hall–Kier alpha value is -3.33. The summed E-state index contributed by atoms with van der Waals surface area (Å²) in [4.78, 5) is 11.8. The molecule has 0 radical (unpaired) electrons. The van der Waals surface area contributed by atoms with E-state index in [1.807, 2.05) is 44.2 Å². The normalized spacial score (nSPS) is 11.0. The van der Waals surface area contributed by atoms with Gasteiger partial charge in [0.1, 0.15) is 11.5 Å². The predicted molar refractivity (Wildman–Crippen MR) is 99.2 cm³/mol. The highest BCUT2D eigenvalue weighted by molar-refractivity contribution is 5.99. The molecule has 2 aromatic carbocycles. The first-order chi connectivity index (χ1) is 12.5. The van der Waals surface area contributed by atoms with Crippen LogP contribution < -0.4 is 14.9 Å². The van der Waals surface area contributed by atoms with Gasteiger partial charge in [0, 0.05) is 0 Å². The monoisotopic (exact) mass is 351 g/mol. The number of hydrogen-bond acceptors (Lipinski definition) is 5. The summed E-state index contributed by atoms with van der Waals surface area (Å²) >= 11 is 0. The van der Waals surface area contributed by atoms with Crippen molar-refractivity contribution in [1.82, 2.24) is 5.43 Å². The van der Waals surface area contributed by atoms with Gasteiger partial charge in [-0.2, -0.15) is 10.4 Å². The first-order valence-electron chi connectivity index (χ1n) is 8.21. The summed E-state index contributed by atoms with van der Waals surface area (Å²) in [6, 6.07) is 16.1. The largest absolute Gasteiger partial charge is 0.491 e. The fourth-order valence-corrected chi connectivity index (χ4v) is 2.06. The molecule has 0 unspecified atom stereocenters. The summed E-state index contributed by atoms with van der Waals surface area (Å²) in [6.07, 6.45) is 0.117. The smallest absolute Gasteiger partial charge is 0.277 e. The van der Waals surface area contributed by atoms with Crippen molar-refractivity contribution in [2.45, 2.75) is 26.9 Å². The van der Waals surface area contributed by atoms with Crippen molar-refractivity contribution in [1.29, 1.82) is 5.26 Å². The topological polar surface area (TPSA) is 83.7 Å². The van der Waals surface area contributed by atoms with Gasteiger partial charge in [-0.1, -0.05) is 0 Å². The van der Waals surface area contributed by atoms with Crippen molar-refractivity contribution < 1.29 is 14.3 Å². The Labute approximate surface area is 153 Å². The van der Waals surface area contributed by atoms with E-state index < -0.39 is 0 Å². The van der Waals surface area contributed by atoms with Crippen LogP contribution in [0.4, 0.5) is 0 Å². The third kappa shape index (κ3) is 5.95. The molecular formula is C20H21N3O3. The number of benzene rings is 2. The minimum Gasteiger partial charge on any atom is -0.491 e. The summed E-state index contributed by atoms with van der Waals surface area (Å²) in [6.45, 7) is 5.58.